The predicted octanol–water partition coefficient (Wildman–Crippen LogP) is 5.53. The molecule has 0 bridgehead atoms. The van der Waals surface area contributed by atoms with E-state index in [1.165, 1.54) is 12.1 Å². The Kier molecular flexibility index (Phi) is 7.58. The van der Waals surface area contributed by atoms with E-state index in [0.717, 1.165) is 30.1 Å². The second-order valence-corrected chi connectivity index (χ2v) is 10.1. The molecular formula is C30H25ClFN5O4. The van der Waals surface area contributed by atoms with E-state index in [1.54, 1.807) is 30.5 Å². The van der Waals surface area contributed by atoms with E-state index in [4.69, 9.17) is 26.1 Å². The third kappa shape index (κ3) is 6.03. The number of carboxylic acids is 1. The number of imidazole rings is 1. The molecule has 5 aromatic rings. The number of halogens is 2. The third-order valence-electron chi connectivity index (χ3n) is 6.90. The van der Waals surface area contributed by atoms with E-state index in [2.05, 4.69) is 15.0 Å². The highest BCUT2D eigenvalue weighted by atomic mass is 35.5. The Bertz CT molecular complexity index is 1740. The average Bonchev–Trinajstić information content (AvgIpc) is 3.30. The summed E-state index contributed by atoms with van der Waals surface area (Å²) in [6.07, 6.45) is 3.89. The zero-order valence-electron chi connectivity index (χ0n) is 21.8. The average molecular weight is 574 g/mol. The molecular weight excluding hydrogens is 549 g/mol. The molecule has 0 unspecified atom stereocenters. The van der Waals surface area contributed by atoms with E-state index in [-0.39, 0.29) is 18.4 Å². The Hall–Kier alpha value is -4.41. The number of rotatable bonds is 10. The number of ether oxygens (including phenoxy) is 2. The Morgan fingerprint density at radius 3 is 2.76 bits per heavy atom. The van der Waals surface area contributed by atoms with Crippen LogP contribution in [0.5, 0.6) is 5.88 Å². The van der Waals surface area contributed by atoms with Crippen LogP contribution >= 0.6 is 11.6 Å². The van der Waals surface area contributed by atoms with Gasteiger partial charge in [-0.05, 0) is 55.3 Å². The largest absolute Gasteiger partial charge is 0.477 e. The van der Waals surface area contributed by atoms with Crippen molar-refractivity contribution < 1.29 is 23.8 Å². The summed E-state index contributed by atoms with van der Waals surface area (Å²) in [6, 6.07) is 16.9. The van der Waals surface area contributed by atoms with Crippen LogP contribution in [0.25, 0.3) is 22.4 Å². The standard InChI is InChI=1S/C30H25ClFN5O4/c31-20-5-4-19(23(32)15-20)17-41-28-3-1-2-24(35-28)18-10-12-33-21(14-18)6-9-27-34-25-7-8-26(30(38)39)36-29(25)37(27)16-22-11-13-40-22/h1-5,7-8,10,12,14-15,22H,6,9,11,13,16-17H2,(H,38,39)/t22-/m0/s1. The molecule has 11 heteroatoms. The first-order chi connectivity index (χ1) is 19.9. The van der Waals surface area contributed by atoms with Crippen molar-refractivity contribution in [1.29, 1.82) is 0 Å². The summed E-state index contributed by atoms with van der Waals surface area (Å²) in [6.45, 7) is 1.30. The maximum atomic E-state index is 14.1. The number of carbonyl (C=O) groups is 1. The van der Waals surface area contributed by atoms with Crippen LogP contribution in [0.3, 0.4) is 0 Å². The van der Waals surface area contributed by atoms with Crippen molar-refractivity contribution in [1.82, 2.24) is 24.5 Å². The van der Waals surface area contributed by atoms with Crippen molar-refractivity contribution in [2.75, 3.05) is 6.61 Å². The second kappa shape index (κ2) is 11.6. The Morgan fingerprint density at radius 2 is 1.98 bits per heavy atom. The van der Waals surface area contributed by atoms with E-state index in [1.807, 2.05) is 28.8 Å². The minimum atomic E-state index is -1.08. The molecule has 208 valence electrons. The van der Waals surface area contributed by atoms with Crippen LogP contribution in [0, 0.1) is 5.82 Å². The van der Waals surface area contributed by atoms with Gasteiger partial charge in [-0.1, -0.05) is 23.7 Å². The van der Waals surface area contributed by atoms with Crippen LogP contribution in [0.15, 0.2) is 66.9 Å². The number of fused-ring (bicyclic) bond motifs is 1. The molecule has 0 radical (unpaired) electrons. The van der Waals surface area contributed by atoms with E-state index >= 15 is 0 Å². The van der Waals surface area contributed by atoms with Crippen molar-refractivity contribution in [2.45, 2.75) is 38.5 Å². The number of nitrogens with zero attached hydrogens (tertiary/aromatic N) is 5. The lowest BCUT2D eigenvalue weighted by Crippen LogP contribution is -2.32. The van der Waals surface area contributed by atoms with Gasteiger partial charge < -0.3 is 19.1 Å². The van der Waals surface area contributed by atoms with Gasteiger partial charge in [-0.2, -0.15) is 0 Å². The number of hydrogen-bond donors (Lipinski definition) is 1. The lowest BCUT2D eigenvalue weighted by Gasteiger charge is -2.27. The van der Waals surface area contributed by atoms with Crippen molar-refractivity contribution in [3.63, 3.8) is 0 Å². The molecule has 1 N–H and O–H groups in total. The molecule has 1 aromatic carbocycles. The van der Waals surface area contributed by atoms with Crippen molar-refractivity contribution >= 4 is 28.7 Å². The highest BCUT2D eigenvalue weighted by Crippen LogP contribution is 2.24. The monoisotopic (exact) mass is 573 g/mol. The fraction of sp³-hybridized carbons (Fsp3) is 0.233. The normalized spacial score (nSPS) is 14.6. The fourth-order valence-electron chi connectivity index (χ4n) is 4.64. The minimum absolute atomic E-state index is 0.0221. The Labute approximate surface area is 239 Å². The molecule has 1 saturated heterocycles. The summed E-state index contributed by atoms with van der Waals surface area (Å²) in [7, 11) is 0. The van der Waals surface area contributed by atoms with Gasteiger partial charge in [0.25, 0.3) is 0 Å². The third-order valence-corrected chi connectivity index (χ3v) is 7.14. The highest BCUT2D eigenvalue weighted by molar-refractivity contribution is 6.30. The van der Waals surface area contributed by atoms with E-state index in [0.29, 0.717) is 52.7 Å². The quantitative estimate of drug-likeness (QED) is 0.232. The first-order valence-corrected chi connectivity index (χ1v) is 13.5. The van der Waals surface area contributed by atoms with Crippen LogP contribution in [-0.4, -0.2) is 48.3 Å². The SMILES string of the molecule is O=C(O)c1ccc2nc(CCc3cc(-c4cccc(OCc5ccc(Cl)cc5F)n4)ccn3)n(C[C@@H]3CCO3)c2n1. The first-order valence-electron chi connectivity index (χ1n) is 13.1. The molecule has 5 heterocycles. The fourth-order valence-corrected chi connectivity index (χ4v) is 4.80. The van der Waals surface area contributed by atoms with Gasteiger partial charge in [0.1, 0.15) is 23.8 Å². The molecule has 4 aromatic heterocycles. The summed E-state index contributed by atoms with van der Waals surface area (Å²) < 4.78 is 27.5. The number of aromatic carboxylic acids is 1. The summed E-state index contributed by atoms with van der Waals surface area (Å²) in [4.78, 5) is 29.7. The number of carboxylic acid groups (broad SMARTS) is 1. The van der Waals surface area contributed by atoms with Gasteiger partial charge in [-0.25, -0.2) is 24.1 Å². The molecule has 1 atom stereocenters. The summed E-state index contributed by atoms with van der Waals surface area (Å²) in [5.41, 5.74) is 3.95. The van der Waals surface area contributed by atoms with Crippen LogP contribution in [0.4, 0.5) is 4.39 Å². The Balaban J connectivity index is 1.19. The summed E-state index contributed by atoms with van der Waals surface area (Å²) in [5, 5.41) is 9.74. The molecule has 0 amide bonds. The van der Waals surface area contributed by atoms with Crippen LogP contribution in [0.2, 0.25) is 5.02 Å². The highest BCUT2D eigenvalue weighted by Gasteiger charge is 2.23. The molecule has 0 aliphatic carbocycles. The number of hydrogen-bond acceptors (Lipinski definition) is 7. The molecule has 0 spiro atoms. The second-order valence-electron chi connectivity index (χ2n) is 9.69. The van der Waals surface area contributed by atoms with Crippen LogP contribution in [0.1, 0.15) is 34.0 Å². The summed E-state index contributed by atoms with van der Waals surface area (Å²) >= 11 is 5.83. The zero-order valence-corrected chi connectivity index (χ0v) is 22.6. The summed E-state index contributed by atoms with van der Waals surface area (Å²) in [5.74, 6) is -0.349. The first kappa shape index (κ1) is 26.8. The molecule has 0 saturated carbocycles. The van der Waals surface area contributed by atoms with Crippen LogP contribution in [-0.2, 0) is 30.7 Å². The Morgan fingerprint density at radius 1 is 1.10 bits per heavy atom. The lowest BCUT2D eigenvalue weighted by molar-refractivity contribution is -0.0590. The van der Waals surface area contributed by atoms with Gasteiger partial charge >= 0.3 is 5.97 Å². The number of pyridine rings is 3. The van der Waals surface area contributed by atoms with Crippen molar-refractivity contribution in [3.8, 4) is 17.1 Å². The zero-order chi connectivity index (χ0) is 28.3. The van der Waals surface area contributed by atoms with Gasteiger partial charge in [0.05, 0.1) is 18.3 Å². The van der Waals surface area contributed by atoms with Gasteiger partial charge in [0, 0.05) is 47.1 Å². The molecule has 1 fully saturated rings. The van der Waals surface area contributed by atoms with Crippen molar-refractivity contribution in [3.05, 3.63) is 100 Å². The predicted molar refractivity (Wildman–Crippen MR) is 149 cm³/mol. The van der Waals surface area contributed by atoms with Gasteiger partial charge in [0.15, 0.2) is 11.3 Å². The topological polar surface area (TPSA) is 112 Å². The number of benzene rings is 1. The van der Waals surface area contributed by atoms with E-state index in [9.17, 15) is 14.3 Å². The number of aryl methyl sites for hydroxylation is 2. The van der Waals surface area contributed by atoms with Crippen molar-refractivity contribution in [2.24, 2.45) is 0 Å². The maximum absolute atomic E-state index is 14.1. The molecule has 41 heavy (non-hydrogen) atoms. The lowest BCUT2D eigenvalue weighted by atomic mass is 10.1. The molecule has 1 aliphatic rings. The van der Waals surface area contributed by atoms with Gasteiger partial charge in [-0.15, -0.1) is 0 Å². The maximum Gasteiger partial charge on any atom is 0.354 e. The minimum Gasteiger partial charge on any atom is -0.477 e. The molecule has 6 rings (SSSR count). The number of aromatic nitrogens is 5. The molecule has 1 aliphatic heterocycles. The van der Waals surface area contributed by atoms with Gasteiger partial charge in [0.2, 0.25) is 5.88 Å². The molecule has 9 nitrogen and oxygen atoms in total. The van der Waals surface area contributed by atoms with E-state index < -0.39 is 11.8 Å². The van der Waals surface area contributed by atoms with Gasteiger partial charge in [-0.3, -0.25) is 4.98 Å². The van der Waals surface area contributed by atoms with Crippen LogP contribution < -0.4 is 4.74 Å². The smallest absolute Gasteiger partial charge is 0.354 e.